The Labute approximate surface area is 106 Å². The minimum atomic E-state index is 0.244. The van der Waals surface area contributed by atoms with Crippen LogP contribution in [0.2, 0.25) is 0 Å². The molecule has 1 fully saturated rings. The molecule has 0 amide bonds. The third kappa shape index (κ3) is 1.99. The fraction of sp³-hybridized carbons (Fsp3) is 0.692. The van der Waals surface area contributed by atoms with Gasteiger partial charge < -0.3 is 4.90 Å². The Kier molecular flexibility index (Phi) is 2.90. The van der Waals surface area contributed by atoms with Crippen LogP contribution in [-0.4, -0.2) is 23.9 Å². The monoisotopic (exact) mass is 250 g/mol. The quantitative estimate of drug-likeness (QED) is 0.809. The number of rotatable bonds is 2. The maximum Gasteiger partial charge on any atom is 0.186 e. The number of hydrogen-bond donors (Lipinski definition) is 0. The zero-order valence-corrected chi connectivity index (χ0v) is 11.1. The van der Waals surface area contributed by atoms with E-state index in [1.54, 1.807) is 11.3 Å². The van der Waals surface area contributed by atoms with Gasteiger partial charge in [0.15, 0.2) is 10.9 Å². The third-order valence-corrected chi connectivity index (χ3v) is 5.14. The molecule has 0 N–H and O–H groups in total. The van der Waals surface area contributed by atoms with E-state index in [1.807, 2.05) is 0 Å². The Morgan fingerprint density at radius 3 is 2.71 bits per heavy atom. The molecule has 0 aromatic carbocycles. The standard InChI is InChI=1S/C13H18N2OS/c1-15(9-5-2-3-6-9)13-14-12-10(16)7-4-8-11(12)17-13/h9H,2-8H2,1H3. The van der Waals surface area contributed by atoms with E-state index in [0.29, 0.717) is 12.5 Å². The number of hydrogen-bond acceptors (Lipinski definition) is 4. The molecule has 0 radical (unpaired) electrons. The van der Waals surface area contributed by atoms with E-state index >= 15 is 0 Å². The fourth-order valence-electron chi connectivity index (χ4n) is 2.85. The second kappa shape index (κ2) is 4.41. The molecule has 1 aromatic rings. The highest BCUT2D eigenvalue weighted by Gasteiger charge is 2.26. The van der Waals surface area contributed by atoms with E-state index in [0.717, 1.165) is 23.7 Å². The molecule has 0 atom stereocenters. The van der Waals surface area contributed by atoms with Crippen LogP contribution in [0.1, 0.15) is 53.9 Å². The summed E-state index contributed by atoms with van der Waals surface area (Å²) < 4.78 is 0. The van der Waals surface area contributed by atoms with E-state index in [1.165, 1.54) is 30.6 Å². The maximum absolute atomic E-state index is 11.8. The van der Waals surface area contributed by atoms with Crippen molar-refractivity contribution in [2.24, 2.45) is 0 Å². The van der Waals surface area contributed by atoms with Crippen LogP contribution in [-0.2, 0) is 6.42 Å². The first kappa shape index (κ1) is 11.2. The number of thiazole rings is 1. The normalized spacial score (nSPS) is 20.6. The minimum Gasteiger partial charge on any atom is -0.348 e. The summed E-state index contributed by atoms with van der Waals surface area (Å²) in [5.74, 6) is 0.244. The number of nitrogens with zero attached hydrogens (tertiary/aromatic N) is 2. The number of aromatic nitrogens is 1. The molecule has 2 aliphatic carbocycles. The molecule has 0 aliphatic heterocycles. The lowest BCUT2D eigenvalue weighted by molar-refractivity contribution is 0.0968. The molecule has 1 aromatic heterocycles. The van der Waals surface area contributed by atoms with Crippen molar-refractivity contribution in [2.45, 2.75) is 51.0 Å². The SMILES string of the molecule is CN(c1nc2c(s1)CCCC2=O)C1CCCC1. The zero-order valence-electron chi connectivity index (χ0n) is 10.2. The van der Waals surface area contributed by atoms with Gasteiger partial charge in [-0.1, -0.05) is 12.8 Å². The summed E-state index contributed by atoms with van der Waals surface area (Å²) in [6, 6.07) is 0.637. The summed E-state index contributed by atoms with van der Waals surface area (Å²) in [6.45, 7) is 0. The molecule has 17 heavy (non-hydrogen) atoms. The molecule has 3 rings (SSSR count). The predicted molar refractivity (Wildman–Crippen MR) is 70.0 cm³/mol. The van der Waals surface area contributed by atoms with E-state index < -0.39 is 0 Å². The summed E-state index contributed by atoms with van der Waals surface area (Å²) in [7, 11) is 2.13. The van der Waals surface area contributed by atoms with Crippen LogP contribution in [0.4, 0.5) is 5.13 Å². The largest absolute Gasteiger partial charge is 0.348 e. The van der Waals surface area contributed by atoms with Crippen molar-refractivity contribution in [3.8, 4) is 0 Å². The van der Waals surface area contributed by atoms with E-state index in [9.17, 15) is 4.79 Å². The van der Waals surface area contributed by atoms with Crippen LogP contribution in [0.25, 0.3) is 0 Å². The van der Waals surface area contributed by atoms with Crippen LogP contribution in [0.15, 0.2) is 0 Å². The predicted octanol–water partition coefficient (Wildman–Crippen LogP) is 3.04. The molecular formula is C13H18N2OS. The summed E-state index contributed by atoms with van der Waals surface area (Å²) in [4.78, 5) is 19.8. The molecule has 0 spiro atoms. The van der Waals surface area contributed by atoms with Crippen LogP contribution >= 0.6 is 11.3 Å². The van der Waals surface area contributed by atoms with Crippen molar-refractivity contribution in [2.75, 3.05) is 11.9 Å². The summed E-state index contributed by atoms with van der Waals surface area (Å²) in [5.41, 5.74) is 0.765. The number of Topliss-reactive ketones (excluding diaryl/α,β-unsaturated/α-hetero) is 1. The average Bonchev–Trinajstić information content (AvgIpc) is 2.98. The summed E-state index contributed by atoms with van der Waals surface area (Å²) in [6.07, 6.45) is 7.93. The van der Waals surface area contributed by atoms with Gasteiger partial charge in [-0.25, -0.2) is 4.98 Å². The highest BCUT2D eigenvalue weighted by Crippen LogP contribution is 2.34. The molecule has 1 saturated carbocycles. The first-order valence-corrected chi connectivity index (χ1v) is 7.33. The third-order valence-electron chi connectivity index (χ3n) is 3.93. The van der Waals surface area contributed by atoms with Crippen LogP contribution in [0.3, 0.4) is 0 Å². The Bertz CT molecular complexity index is 435. The van der Waals surface area contributed by atoms with Crippen molar-refractivity contribution in [1.29, 1.82) is 0 Å². The van der Waals surface area contributed by atoms with Crippen molar-refractivity contribution >= 4 is 22.3 Å². The lowest BCUT2D eigenvalue weighted by Gasteiger charge is -2.23. The van der Waals surface area contributed by atoms with Gasteiger partial charge in [-0.05, 0) is 25.7 Å². The van der Waals surface area contributed by atoms with E-state index in [4.69, 9.17) is 0 Å². The molecule has 92 valence electrons. The number of aryl methyl sites for hydroxylation is 1. The lowest BCUT2D eigenvalue weighted by Crippen LogP contribution is -2.28. The maximum atomic E-state index is 11.8. The average molecular weight is 250 g/mol. The number of carbonyl (C=O) groups is 1. The van der Waals surface area contributed by atoms with Crippen molar-refractivity contribution in [3.63, 3.8) is 0 Å². The second-order valence-electron chi connectivity index (χ2n) is 5.09. The van der Waals surface area contributed by atoms with Crippen molar-refractivity contribution < 1.29 is 4.79 Å². The van der Waals surface area contributed by atoms with Crippen molar-refractivity contribution in [1.82, 2.24) is 4.98 Å². The van der Waals surface area contributed by atoms with Gasteiger partial charge >= 0.3 is 0 Å². The molecular weight excluding hydrogens is 232 g/mol. The molecule has 0 saturated heterocycles. The van der Waals surface area contributed by atoms with Gasteiger partial charge in [0.2, 0.25) is 0 Å². The van der Waals surface area contributed by atoms with E-state index in [2.05, 4.69) is 16.9 Å². The summed E-state index contributed by atoms with van der Waals surface area (Å²) in [5, 5.41) is 1.05. The summed E-state index contributed by atoms with van der Waals surface area (Å²) >= 11 is 1.73. The molecule has 0 unspecified atom stereocenters. The molecule has 2 aliphatic rings. The first-order chi connectivity index (χ1) is 8.25. The Balaban J connectivity index is 1.86. The molecule has 4 heteroatoms. The number of ketones is 1. The minimum absolute atomic E-state index is 0.244. The molecule has 3 nitrogen and oxygen atoms in total. The Hall–Kier alpha value is -0.900. The second-order valence-corrected chi connectivity index (χ2v) is 6.16. The van der Waals surface area contributed by atoms with Crippen LogP contribution < -0.4 is 4.90 Å². The number of fused-ring (bicyclic) bond motifs is 1. The lowest BCUT2D eigenvalue weighted by atomic mass is 10.0. The smallest absolute Gasteiger partial charge is 0.186 e. The molecule has 1 heterocycles. The highest BCUT2D eigenvalue weighted by atomic mass is 32.1. The fourth-order valence-corrected chi connectivity index (χ4v) is 4.01. The molecule has 0 bridgehead atoms. The van der Waals surface area contributed by atoms with Crippen molar-refractivity contribution in [3.05, 3.63) is 10.6 Å². The highest BCUT2D eigenvalue weighted by molar-refractivity contribution is 7.16. The van der Waals surface area contributed by atoms with Gasteiger partial charge in [0.1, 0.15) is 5.69 Å². The van der Waals surface area contributed by atoms with Gasteiger partial charge in [-0.2, -0.15) is 0 Å². The van der Waals surface area contributed by atoms with Gasteiger partial charge in [-0.15, -0.1) is 11.3 Å². The van der Waals surface area contributed by atoms with Gasteiger partial charge in [-0.3, -0.25) is 4.79 Å². The van der Waals surface area contributed by atoms with Gasteiger partial charge in [0, 0.05) is 24.4 Å². The number of carbonyl (C=O) groups excluding carboxylic acids is 1. The van der Waals surface area contributed by atoms with Crippen LogP contribution in [0.5, 0.6) is 0 Å². The van der Waals surface area contributed by atoms with Gasteiger partial charge in [0.05, 0.1) is 0 Å². The Morgan fingerprint density at radius 1 is 1.24 bits per heavy atom. The van der Waals surface area contributed by atoms with E-state index in [-0.39, 0.29) is 5.78 Å². The number of anilines is 1. The van der Waals surface area contributed by atoms with Crippen LogP contribution in [0, 0.1) is 0 Å². The zero-order chi connectivity index (χ0) is 11.8. The Morgan fingerprint density at radius 2 is 2.00 bits per heavy atom. The first-order valence-electron chi connectivity index (χ1n) is 6.51. The topological polar surface area (TPSA) is 33.2 Å². The van der Waals surface area contributed by atoms with Gasteiger partial charge in [0.25, 0.3) is 0 Å².